The molecule has 0 saturated carbocycles. The Hall–Kier alpha value is -3.98. The summed E-state index contributed by atoms with van der Waals surface area (Å²) in [6.07, 6.45) is 5.61. The summed E-state index contributed by atoms with van der Waals surface area (Å²) >= 11 is 0. The fourth-order valence-corrected chi connectivity index (χ4v) is 4.15. The van der Waals surface area contributed by atoms with E-state index >= 15 is 0 Å². The highest BCUT2D eigenvalue weighted by molar-refractivity contribution is 5.93. The van der Waals surface area contributed by atoms with Crippen LogP contribution in [0.1, 0.15) is 42.5 Å². The number of nitrogens with zero attached hydrogens (tertiary/aromatic N) is 5. The van der Waals surface area contributed by atoms with Gasteiger partial charge in [0, 0.05) is 35.8 Å². The molecule has 0 aliphatic carbocycles. The minimum Gasteiger partial charge on any atom is -0.477 e. The monoisotopic (exact) mass is 474 g/mol. The number of hydrogen-bond acceptors (Lipinski definition) is 6. The van der Waals surface area contributed by atoms with E-state index in [0.717, 1.165) is 27.7 Å². The molecule has 5 rings (SSSR count). The number of rotatable bonds is 5. The molecule has 0 amide bonds. The zero-order chi connectivity index (χ0) is 24.9. The Balaban J connectivity index is 0.00000141. The highest BCUT2D eigenvalue weighted by atomic mass is 16.5. The van der Waals surface area contributed by atoms with E-state index < -0.39 is 5.97 Å². The number of morpholine rings is 1. The molecule has 3 aromatic heterocycles. The van der Waals surface area contributed by atoms with Gasteiger partial charge in [0.15, 0.2) is 5.82 Å². The molecule has 4 heterocycles. The number of benzene rings is 1. The Morgan fingerprint density at radius 2 is 1.86 bits per heavy atom. The standard InChI is InChI=1S/C24H24N6O3.C2H6/c1-3-5-19-15(2)14-20(22(31)32)30(19)24-27-21(17-6-4-7-18-16(17)8-9-25-18)26-23(28-24)29-10-12-33-13-11-29;1-2/h3-9,14,25H,10-13H2,1-2H3,(H,31,32);1-2H3/b5-3-;. The molecule has 1 aromatic carbocycles. The molecule has 9 nitrogen and oxygen atoms in total. The largest absolute Gasteiger partial charge is 0.477 e. The predicted octanol–water partition coefficient (Wildman–Crippen LogP) is 4.71. The lowest BCUT2D eigenvalue weighted by molar-refractivity contribution is 0.0687. The van der Waals surface area contributed by atoms with Gasteiger partial charge in [-0.3, -0.25) is 4.57 Å². The lowest BCUT2D eigenvalue weighted by atomic mass is 10.1. The number of fused-ring (bicyclic) bond motifs is 1. The van der Waals surface area contributed by atoms with Crippen LogP contribution in [0.15, 0.2) is 42.6 Å². The van der Waals surface area contributed by atoms with Crippen LogP contribution in [0, 0.1) is 6.92 Å². The predicted molar refractivity (Wildman–Crippen MR) is 137 cm³/mol. The van der Waals surface area contributed by atoms with Gasteiger partial charge in [-0.05, 0) is 43.7 Å². The summed E-state index contributed by atoms with van der Waals surface area (Å²) in [6, 6.07) is 9.52. The third-order valence-corrected chi connectivity index (χ3v) is 5.72. The molecule has 0 atom stereocenters. The summed E-state index contributed by atoms with van der Waals surface area (Å²) < 4.78 is 7.08. The molecule has 1 fully saturated rings. The van der Waals surface area contributed by atoms with Crippen molar-refractivity contribution >= 4 is 28.9 Å². The molecule has 0 bridgehead atoms. The van der Waals surface area contributed by atoms with Gasteiger partial charge in [0.2, 0.25) is 11.9 Å². The van der Waals surface area contributed by atoms with Crippen LogP contribution in [0.3, 0.4) is 0 Å². The van der Waals surface area contributed by atoms with Crippen molar-refractivity contribution in [2.24, 2.45) is 0 Å². The lowest BCUT2D eigenvalue weighted by Crippen LogP contribution is -2.37. The van der Waals surface area contributed by atoms with Crippen LogP contribution < -0.4 is 4.90 Å². The number of H-pyrrole nitrogens is 1. The Bertz CT molecular complexity index is 1360. The van der Waals surface area contributed by atoms with Crippen molar-refractivity contribution < 1.29 is 14.6 Å². The molecule has 1 aliphatic heterocycles. The lowest BCUT2D eigenvalue weighted by Gasteiger charge is -2.27. The van der Waals surface area contributed by atoms with Gasteiger partial charge in [0.25, 0.3) is 0 Å². The third kappa shape index (κ3) is 4.67. The van der Waals surface area contributed by atoms with Crippen LogP contribution in [0.5, 0.6) is 0 Å². The Labute approximate surface area is 204 Å². The SMILES string of the molecule is C/C=C\c1c(C)cc(C(=O)O)n1-c1nc(-c2cccc3[nH]ccc23)nc(N2CCOCC2)n1.CC. The number of nitrogens with one attached hydrogen (secondary N) is 1. The van der Waals surface area contributed by atoms with Gasteiger partial charge in [0.05, 0.1) is 18.9 Å². The third-order valence-electron chi connectivity index (χ3n) is 5.72. The van der Waals surface area contributed by atoms with E-state index in [0.29, 0.717) is 38.1 Å². The number of aromatic carboxylic acids is 1. The normalized spacial score (nSPS) is 13.8. The first-order chi connectivity index (χ1) is 17.1. The molecule has 0 unspecified atom stereocenters. The van der Waals surface area contributed by atoms with Crippen molar-refractivity contribution in [3.05, 3.63) is 59.6 Å². The molecular formula is C26H30N6O3. The zero-order valence-corrected chi connectivity index (χ0v) is 20.4. The van der Waals surface area contributed by atoms with Crippen molar-refractivity contribution in [3.8, 4) is 17.3 Å². The van der Waals surface area contributed by atoms with E-state index in [1.807, 2.05) is 75.2 Å². The van der Waals surface area contributed by atoms with E-state index in [1.54, 1.807) is 10.6 Å². The van der Waals surface area contributed by atoms with Crippen molar-refractivity contribution in [1.29, 1.82) is 0 Å². The van der Waals surface area contributed by atoms with Gasteiger partial charge in [-0.2, -0.15) is 15.0 Å². The minimum atomic E-state index is -1.04. The first kappa shape index (κ1) is 24.2. The van der Waals surface area contributed by atoms with Crippen molar-refractivity contribution in [2.75, 3.05) is 31.2 Å². The molecule has 1 saturated heterocycles. The van der Waals surface area contributed by atoms with E-state index in [4.69, 9.17) is 19.7 Å². The number of carboxylic acid groups (broad SMARTS) is 1. The molecule has 9 heteroatoms. The van der Waals surface area contributed by atoms with Crippen molar-refractivity contribution in [2.45, 2.75) is 27.7 Å². The van der Waals surface area contributed by atoms with Gasteiger partial charge < -0.3 is 19.7 Å². The van der Waals surface area contributed by atoms with Crippen LogP contribution in [-0.2, 0) is 4.74 Å². The summed E-state index contributed by atoms with van der Waals surface area (Å²) in [5, 5.41) is 10.9. The minimum absolute atomic E-state index is 0.102. The number of allylic oxidation sites excluding steroid dienone is 1. The number of aromatic amines is 1. The van der Waals surface area contributed by atoms with E-state index in [2.05, 4.69) is 4.98 Å². The Morgan fingerprint density at radius 1 is 1.11 bits per heavy atom. The second kappa shape index (κ2) is 10.5. The van der Waals surface area contributed by atoms with Crippen LogP contribution in [0.25, 0.3) is 34.3 Å². The van der Waals surface area contributed by atoms with Crippen LogP contribution in [-0.4, -0.2) is 61.9 Å². The molecular weight excluding hydrogens is 444 g/mol. The molecule has 35 heavy (non-hydrogen) atoms. The number of aromatic nitrogens is 5. The van der Waals surface area contributed by atoms with E-state index in [1.165, 1.54) is 0 Å². The van der Waals surface area contributed by atoms with Gasteiger partial charge in [-0.15, -0.1) is 0 Å². The summed E-state index contributed by atoms with van der Waals surface area (Å²) in [5.74, 6) is 0.213. The average molecular weight is 475 g/mol. The fourth-order valence-electron chi connectivity index (χ4n) is 4.15. The van der Waals surface area contributed by atoms with Crippen LogP contribution >= 0.6 is 0 Å². The quantitative estimate of drug-likeness (QED) is 0.431. The summed E-state index contributed by atoms with van der Waals surface area (Å²) in [6.45, 7) is 10.2. The van der Waals surface area contributed by atoms with Crippen molar-refractivity contribution in [1.82, 2.24) is 24.5 Å². The smallest absolute Gasteiger partial charge is 0.352 e. The van der Waals surface area contributed by atoms with E-state index in [-0.39, 0.29) is 11.6 Å². The zero-order valence-electron chi connectivity index (χ0n) is 20.4. The van der Waals surface area contributed by atoms with Crippen molar-refractivity contribution in [3.63, 3.8) is 0 Å². The number of carbonyl (C=O) groups is 1. The second-order valence-electron chi connectivity index (χ2n) is 7.84. The van der Waals surface area contributed by atoms with Gasteiger partial charge in [-0.1, -0.05) is 32.1 Å². The number of aryl methyl sites for hydroxylation is 1. The number of ether oxygens (including phenoxy) is 1. The van der Waals surface area contributed by atoms with E-state index in [9.17, 15) is 9.90 Å². The maximum atomic E-state index is 12.1. The molecule has 0 radical (unpaired) electrons. The topological polar surface area (TPSA) is 109 Å². The van der Waals surface area contributed by atoms with Crippen LogP contribution in [0.4, 0.5) is 5.95 Å². The molecule has 182 valence electrons. The average Bonchev–Trinajstić information content (AvgIpc) is 3.50. The highest BCUT2D eigenvalue weighted by Crippen LogP contribution is 2.29. The number of anilines is 1. The fraction of sp³-hybridized carbons (Fsp3) is 0.308. The first-order valence-corrected chi connectivity index (χ1v) is 11.8. The molecule has 2 N–H and O–H groups in total. The molecule has 0 spiro atoms. The molecule has 4 aromatic rings. The maximum Gasteiger partial charge on any atom is 0.352 e. The highest BCUT2D eigenvalue weighted by Gasteiger charge is 2.23. The van der Waals surface area contributed by atoms with Gasteiger partial charge >= 0.3 is 5.97 Å². The number of carboxylic acids is 1. The first-order valence-electron chi connectivity index (χ1n) is 11.8. The summed E-state index contributed by atoms with van der Waals surface area (Å²) in [7, 11) is 0. The summed E-state index contributed by atoms with van der Waals surface area (Å²) in [5.41, 5.74) is 3.47. The second-order valence-corrected chi connectivity index (χ2v) is 7.84. The number of hydrogen-bond donors (Lipinski definition) is 2. The molecule has 1 aliphatic rings. The Morgan fingerprint density at radius 3 is 2.57 bits per heavy atom. The van der Waals surface area contributed by atoms with Gasteiger partial charge in [-0.25, -0.2) is 4.79 Å². The van der Waals surface area contributed by atoms with Gasteiger partial charge in [0.1, 0.15) is 5.69 Å². The summed E-state index contributed by atoms with van der Waals surface area (Å²) in [4.78, 5) is 31.6. The van der Waals surface area contributed by atoms with Crippen LogP contribution in [0.2, 0.25) is 0 Å². The maximum absolute atomic E-state index is 12.1. The Kier molecular flexibility index (Phi) is 7.26.